The van der Waals surface area contributed by atoms with Gasteiger partial charge in [0.05, 0.1) is 30.4 Å². The molecule has 0 radical (unpaired) electrons. The molecule has 1 atom stereocenters. The summed E-state index contributed by atoms with van der Waals surface area (Å²) in [5.41, 5.74) is 5.62. The van der Waals surface area contributed by atoms with E-state index >= 15 is 0 Å². The summed E-state index contributed by atoms with van der Waals surface area (Å²) >= 11 is 0. The Hall–Kier alpha value is -3.04. The third-order valence-electron chi connectivity index (χ3n) is 4.28. The lowest BCUT2D eigenvalue weighted by Crippen LogP contribution is -2.24. The van der Waals surface area contributed by atoms with Gasteiger partial charge < -0.3 is 14.7 Å². The molecule has 0 saturated carbocycles. The van der Waals surface area contributed by atoms with E-state index in [1.807, 2.05) is 13.8 Å². The topological polar surface area (TPSA) is 66.8 Å². The molecular weight excluding hydrogens is 330 g/mol. The Morgan fingerprint density at radius 1 is 1.42 bits per heavy atom. The maximum atomic E-state index is 12.8. The largest absolute Gasteiger partial charge is 0.498 e. The number of hydrogen-bond acceptors (Lipinski definition) is 3. The lowest BCUT2D eigenvalue weighted by molar-refractivity contribution is -0.138. The van der Waals surface area contributed by atoms with Gasteiger partial charge in [-0.3, -0.25) is 9.59 Å². The van der Waals surface area contributed by atoms with Gasteiger partial charge in [0.1, 0.15) is 0 Å². The Bertz CT molecular complexity index is 811. The molecule has 1 heterocycles. The molecule has 0 aromatic heterocycles. The number of allylic oxidation sites excluding steroid dienone is 2. The van der Waals surface area contributed by atoms with Crippen molar-refractivity contribution >= 4 is 17.6 Å². The molecular formula is C21H23NO4. The van der Waals surface area contributed by atoms with Gasteiger partial charge >= 0.3 is 5.97 Å². The fraction of sp³-hybridized carbons (Fsp3) is 0.286. The monoisotopic (exact) mass is 353 g/mol. The van der Waals surface area contributed by atoms with Crippen LogP contribution in [0.1, 0.15) is 32.3 Å². The minimum absolute atomic E-state index is 0.170. The highest BCUT2D eigenvalue weighted by Crippen LogP contribution is 2.31. The molecule has 1 unspecified atom stereocenters. The number of anilines is 1. The number of ether oxygens (including phenoxy) is 1. The molecule has 1 amide bonds. The molecule has 5 heteroatoms. The minimum Gasteiger partial charge on any atom is -0.498 e. The summed E-state index contributed by atoms with van der Waals surface area (Å²) in [6, 6.07) is 7.00. The maximum absolute atomic E-state index is 12.8. The highest BCUT2D eigenvalue weighted by atomic mass is 16.5. The summed E-state index contributed by atoms with van der Waals surface area (Å²) in [6.45, 7) is 9.88. The van der Waals surface area contributed by atoms with Crippen molar-refractivity contribution in [3.8, 4) is 0 Å². The van der Waals surface area contributed by atoms with Crippen molar-refractivity contribution in [1.82, 2.24) is 0 Å². The molecule has 0 spiro atoms. The van der Waals surface area contributed by atoms with E-state index in [1.54, 1.807) is 48.2 Å². The molecule has 1 saturated heterocycles. The van der Waals surface area contributed by atoms with Gasteiger partial charge in [0.15, 0.2) is 0 Å². The number of rotatable bonds is 6. The number of nitrogens with zero attached hydrogens (tertiary/aromatic N) is 1. The maximum Gasteiger partial charge on any atom is 0.310 e. The van der Waals surface area contributed by atoms with Gasteiger partial charge in [-0.15, -0.1) is 5.73 Å². The van der Waals surface area contributed by atoms with E-state index in [1.165, 1.54) is 0 Å². The molecule has 0 bridgehead atoms. The van der Waals surface area contributed by atoms with E-state index in [0.717, 1.165) is 5.57 Å². The molecule has 1 fully saturated rings. The zero-order chi connectivity index (χ0) is 19.3. The highest BCUT2D eigenvalue weighted by molar-refractivity contribution is 6.12. The number of carboxylic acids is 1. The van der Waals surface area contributed by atoms with Crippen molar-refractivity contribution in [2.75, 3.05) is 18.1 Å². The Kier molecular flexibility index (Phi) is 6.21. The zero-order valence-corrected chi connectivity index (χ0v) is 15.3. The van der Waals surface area contributed by atoms with Crippen LogP contribution in [0, 0.1) is 0 Å². The van der Waals surface area contributed by atoms with Crippen molar-refractivity contribution in [3.05, 3.63) is 71.2 Å². The second-order valence-electron chi connectivity index (χ2n) is 5.93. The lowest BCUT2D eigenvalue weighted by atomic mass is 10.0. The third-order valence-corrected chi connectivity index (χ3v) is 4.28. The summed E-state index contributed by atoms with van der Waals surface area (Å²) in [7, 11) is 0. The van der Waals surface area contributed by atoms with Crippen LogP contribution >= 0.6 is 0 Å². The molecule has 1 aromatic rings. The average Bonchev–Trinajstić information content (AvgIpc) is 2.96. The predicted molar refractivity (Wildman–Crippen MR) is 101 cm³/mol. The second kappa shape index (κ2) is 8.37. The van der Waals surface area contributed by atoms with Crippen LogP contribution in [0.4, 0.5) is 5.69 Å². The van der Waals surface area contributed by atoms with Crippen LogP contribution in [-0.4, -0.2) is 30.1 Å². The van der Waals surface area contributed by atoms with Gasteiger partial charge in [0.25, 0.3) is 5.91 Å². The first kappa shape index (κ1) is 19.3. The number of hydrogen-bond donors (Lipinski definition) is 1. The smallest absolute Gasteiger partial charge is 0.310 e. The van der Waals surface area contributed by atoms with E-state index in [-0.39, 0.29) is 5.91 Å². The second-order valence-corrected chi connectivity index (χ2v) is 5.93. The van der Waals surface area contributed by atoms with E-state index in [0.29, 0.717) is 35.7 Å². The summed E-state index contributed by atoms with van der Waals surface area (Å²) in [6.07, 6.45) is 3.17. The molecule has 0 aliphatic carbocycles. The van der Waals surface area contributed by atoms with Gasteiger partial charge in [-0.25, -0.2) is 0 Å². The molecule has 1 aromatic carbocycles. The Morgan fingerprint density at radius 2 is 2.08 bits per heavy atom. The average molecular weight is 353 g/mol. The number of amides is 1. The van der Waals surface area contributed by atoms with Crippen LogP contribution in [0.2, 0.25) is 0 Å². The van der Waals surface area contributed by atoms with Crippen molar-refractivity contribution in [3.63, 3.8) is 0 Å². The molecule has 136 valence electrons. The van der Waals surface area contributed by atoms with Crippen molar-refractivity contribution in [2.45, 2.75) is 26.7 Å². The first-order valence-corrected chi connectivity index (χ1v) is 8.46. The number of aliphatic carboxylic acids is 1. The zero-order valence-electron chi connectivity index (χ0n) is 15.3. The van der Waals surface area contributed by atoms with Crippen molar-refractivity contribution in [1.29, 1.82) is 0 Å². The van der Waals surface area contributed by atoms with E-state index < -0.39 is 11.9 Å². The van der Waals surface area contributed by atoms with Crippen molar-refractivity contribution < 1.29 is 19.4 Å². The van der Waals surface area contributed by atoms with Crippen molar-refractivity contribution in [2.24, 2.45) is 0 Å². The van der Waals surface area contributed by atoms with Crippen LogP contribution in [0.3, 0.4) is 0 Å². The Labute approximate surface area is 153 Å². The molecule has 1 aliphatic rings. The quantitative estimate of drug-likeness (QED) is 0.366. The summed E-state index contributed by atoms with van der Waals surface area (Å²) in [5, 5.41) is 9.11. The van der Waals surface area contributed by atoms with Gasteiger partial charge in [0, 0.05) is 11.3 Å². The Morgan fingerprint density at radius 3 is 2.62 bits per heavy atom. The van der Waals surface area contributed by atoms with Gasteiger partial charge in [0.2, 0.25) is 0 Å². The van der Waals surface area contributed by atoms with Crippen LogP contribution in [0.5, 0.6) is 0 Å². The number of carbonyl (C=O) groups is 2. The number of carboxylic acid groups (broad SMARTS) is 1. The summed E-state index contributed by atoms with van der Waals surface area (Å²) < 4.78 is 5.58. The minimum atomic E-state index is -0.882. The fourth-order valence-corrected chi connectivity index (χ4v) is 2.75. The lowest BCUT2D eigenvalue weighted by Gasteiger charge is -2.16. The first-order valence-electron chi connectivity index (χ1n) is 8.46. The number of benzene rings is 1. The van der Waals surface area contributed by atoms with Crippen LogP contribution < -0.4 is 4.90 Å². The predicted octanol–water partition coefficient (Wildman–Crippen LogP) is 3.80. The van der Waals surface area contributed by atoms with Gasteiger partial charge in [-0.1, -0.05) is 24.8 Å². The molecule has 1 N–H and O–H groups in total. The standard InChI is InChI=1S/C21H23NO4/c1-5-7-8-18-19(15(4)26-6-2)13-22(20(18)23)17-11-9-16(10-12-17)14(3)21(24)25/h5,7,9-12,14H,1,6,13H2,2-4H3,(H,24,25)/b19-15+. The summed E-state index contributed by atoms with van der Waals surface area (Å²) in [5.74, 6) is -0.956. The number of carbonyl (C=O) groups excluding carboxylic acids is 1. The van der Waals surface area contributed by atoms with Gasteiger partial charge in [-0.2, -0.15) is 0 Å². The molecule has 5 nitrogen and oxygen atoms in total. The van der Waals surface area contributed by atoms with Gasteiger partial charge in [-0.05, 0) is 44.5 Å². The Balaban J connectivity index is 2.40. The van der Waals surface area contributed by atoms with Crippen LogP contribution in [0.15, 0.2) is 65.6 Å². The van der Waals surface area contributed by atoms with E-state index in [4.69, 9.17) is 9.84 Å². The fourth-order valence-electron chi connectivity index (χ4n) is 2.75. The van der Waals surface area contributed by atoms with E-state index in [2.05, 4.69) is 12.3 Å². The first-order chi connectivity index (χ1) is 12.4. The molecule has 2 rings (SSSR count). The van der Waals surface area contributed by atoms with Crippen LogP contribution in [-0.2, 0) is 14.3 Å². The molecule has 1 aliphatic heterocycles. The normalized spacial score (nSPS) is 16.8. The highest BCUT2D eigenvalue weighted by Gasteiger charge is 2.33. The SMILES string of the molecule is C=CC=C=C1C(=O)N(c2ccc(C(C)C(=O)O)cc2)C/C1=C(/C)OCC. The third kappa shape index (κ3) is 3.95. The summed E-state index contributed by atoms with van der Waals surface area (Å²) in [4.78, 5) is 25.6. The molecule has 26 heavy (non-hydrogen) atoms. The van der Waals surface area contributed by atoms with Crippen LogP contribution in [0.25, 0.3) is 0 Å². The van der Waals surface area contributed by atoms with E-state index in [9.17, 15) is 9.59 Å².